The number of likely N-dealkylation sites (N-methyl/N-ethyl adjacent to an activating group) is 1. The zero-order valence-electron chi connectivity index (χ0n) is 14.4. The molecule has 1 heterocycles. The molecule has 136 valence electrons. The van der Waals surface area contributed by atoms with Gasteiger partial charge in [-0.05, 0) is 44.3 Å². The largest absolute Gasteiger partial charge is 0.473 e. The number of aliphatic carboxylic acids is 2. The number of aromatic amines is 1. The Bertz CT molecular complexity index is 739. The van der Waals surface area contributed by atoms with Crippen LogP contribution in [-0.4, -0.2) is 58.6 Å². The van der Waals surface area contributed by atoms with Crippen molar-refractivity contribution in [2.75, 3.05) is 20.6 Å². The van der Waals surface area contributed by atoms with E-state index in [0.29, 0.717) is 12.2 Å². The van der Waals surface area contributed by atoms with E-state index >= 15 is 0 Å². The van der Waals surface area contributed by atoms with Crippen molar-refractivity contribution in [1.82, 2.24) is 9.88 Å². The first kappa shape index (κ1) is 20.2. The van der Waals surface area contributed by atoms with E-state index in [9.17, 15) is 4.79 Å². The quantitative estimate of drug-likeness (QED) is 0.427. The highest BCUT2D eigenvalue weighted by Gasteiger charge is 2.08. The second-order valence-electron chi connectivity index (χ2n) is 5.51. The van der Waals surface area contributed by atoms with Crippen molar-refractivity contribution >= 4 is 28.8 Å². The molecule has 0 aliphatic heterocycles. The normalized spacial score (nSPS) is 10.2. The molecule has 8 nitrogen and oxygen atoms in total. The fourth-order valence-electron chi connectivity index (χ4n) is 1.98. The second-order valence-corrected chi connectivity index (χ2v) is 5.51. The molecule has 0 amide bonds. The first-order valence-corrected chi connectivity index (χ1v) is 7.66. The minimum Gasteiger partial charge on any atom is -0.473 e. The van der Waals surface area contributed by atoms with Gasteiger partial charge in [-0.25, -0.2) is 9.59 Å². The number of rotatable bonds is 5. The first-order chi connectivity index (χ1) is 11.7. The average Bonchev–Trinajstić information content (AvgIpc) is 2.95. The molecule has 2 rings (SSSR count). The van der Waals surface area contributed by atoms with Crippen molar-refractivity contribution < 1.29 is 29.3 Å². The maximum atomic E-state index is 11.3. The predicted molar refractivity (Wildman–Crippen MR) is 91.8 cm³/mol. The van der Waals surface area contributed by atoms with Crippen molar-refractivity contribution in [2.45, 2.75) is 19.8 Å². The Labute approximate surface area is 145 Å². The van der Waals surface area contributed by atoms with Gasteiger partial charge in [0.05, 0.1) is 0 Å². The number of carbonyl (C=O) groups excluding carboxylic acids is 1. The molecule has 2 aromatic rings. The number of hydrogen-bond acceptors (Lipinski definition) is 5. The number of esters is 1. The molecule has 0 fully saturated rings. The summed E-state index contributed by atoms with van der Waals surface area (Å²) in [7, 11) is 4.12. The summed E-state index contributed by atoms with van der Waals surface area (Å²) in [4.78, 5) is 34.9. The second kappa shape index (κ2) is 9.43. The molecule has 0 atom stereocenters. The molecule has 0 aliphatic rings. The highest BCUT2D eigenvalue weighted by atomic mass is 16.5. The number of H-pyrrole nitrogens is 1. The number of hydrogen-bond donors (Lipinski definition) is 3. The lowest BCUT2D eigenvalue weighted by atomic mass is 10.1. The smallest absolute Gasteiger partial charge is 0.414 e. The first-order valence-electron chi connectivity index (χ1n) is 7.66. The van der Waals surface area contributed by atoms with Crippen molar-refractivity contribution in [3.05, 3.63) is 30.0 Å². The van der Waals surface area contributed by atoms with E-state index in [2.05, 4.69) is 24.0 Å². The van der Waals surface area contributed by atoms with Crippen molar-refractivity contribution in [1.29, 1.82) is 0 Å². The summed E-state index contributed by atoms with van der Waals surface area (Å²) in [5, 5.41) is 15.9. The third-order valence-electron chi connectivity index (χ3n) is 3.27. The van der Waals surface area contributed by atoms with Crippen LogP contribution >= 0.6 is 0 Å². The molecule has 0 bridgehead atoms. The Morgan fingerprint density at radius 3 is 2.32 bits per heavy atom. The van der Waals surface area contributed by atoms with Crippen LogP contribution in [0.5, 0.6) is 5.75 Å². The molecule has 0 saturated carbocycles. The third kappa shape index (κ3) is 6.64. The highest BCUT2D eigenvalue weighted by Crippen LogP contribution is 2.24. The predicted octanol–water partition coefficient (Wildman–Crippen LogP) is 1.74. The van der Waals surface area contributed by atoms with Crippen LogP contribution in [-0.2, 0) is 20.8 Å². The number of ether oxygens (including phenoxy) is 1. The number of carboxylic acid groups (broad SMARTS) is 2. The Morgan fingerprint density at radius 2 is 1.80 bits per heavy atom. The summed E-state index contributed by atoms with van der Waals surface area (Å²) in [6, 6.07) is 5.71. The van der Waals surface area contributed by atoms with E-state index < -0.39 is 11.9 Å². The van der Waals surface area contributed by atoms with E-state index in [-0.39, 0.29) is 5.97 Å². The third-order valence-corrected chi connectivity index (χ3v) is 3.27. The Morgan fingerprint density at radius 1 is 1.16 bits per heavy atom. The van der Waals surface area contributed by atoms with Crippen LogP contribution in [0.4, 0.5) is 0 Å². The van der Waals surface area contributed by atoms with Gasteiger partial charge in [-0.15, -0.1) is 0 Å². The Balaban J connectivity index is 0.000000450. The standard InChI is InChI=1S/C15H20N2O2.C2H2O4/c1-4-15(18)19-12-5-6-14-13(9-12)11(10-16-14)7-8-17(2)3;3-1(4)2(5)6/h5-6,9-10,16H,4,7-8H2,1-3H3;(H,3,4)(H,5,6). The molecule has 1 aromatic carbocycles. The lowest BCUT2D eigenvalue weighted by molar-refractivity contribution is -0.159. The maximum absolute atomic E-state index is 11.3. The van der Waals surface area contributed by atoms with Gasteiger partial charge in [0.25, 0.3) is 0 Å². The minimum atomic E-state index is -1.82. The summed E-state index contributed by atoms with van der Waals surface area (Å²) in [5.74, 6) is -3.24. The van der Waals surface area contributed by atoms with Gasteiger partial charge in [-0.3, -0.25) is 4.79 Å². The lowest BCUT2D eigenvalue weighted by Gasteiger charge is -2.08. The Kier molecular flexibility index (Phi) is 7.61. The highest BCUT2D eigenvalue weighted by molar-refractivity contribution is 6.27. The van der Waals surface area contributed by atoms with Crippen molar-refractivity contribution in [3.8, 4) is 5.75 Å². The van der Waals surface area contributed by atoms with Crippen molar-refractivity contribution in [2.24, 2.45) is 0 Å². The molecular formula is C17H22N2O6. The summed E-state index contributed by atoms with van der Waals surface area (Å²) < 4.78 is 5.26. The number of benzene rings is 1. The fourth-order valence-corrected chi connectivity index (χ4v) is 1.98. The number of nitrogens with zero attached hydrogens (tertiary/aromatic N) is 1. The van der Waals surface area contributed by atoms with Crippen molar-refractivity contribution in [3.63, 3.8) is 0 Å². The molecule has 1 aromatic heterocycles. The summed E-state index contributed by atoms with van der Waals surface area (Å²) >= 11 is 0. The van der Waals surface area contributed by atoms with Crippen LogP contribution in [0.2, 0.25) is 0 Å². The monoisotopic (exact) mass is 350 g/mol. The molecule has 0 spiro atoms. The van der Waals surface area contributed by atoms with E-state index in [0.717, 1.165) is 23.9 Å². The van der Waals surface area contributed by atoms with Gasteiger partial charge in [0.1, 0.15) is 5.75 Å². The topological polar surface area (TPSA) is 120 Å². The molecule has 25 heavy (non-hydrogen) atoms. The maximum Gasteiger partial charge on any atom is 0.414 e. The van der Waals surface area contributed by atoms with Crippen LogP contribution in [0.25, 0.3) is 10.9 Å². The van der Waals surface area contributed by atoms with Gasteiger partial charge >= 0.3 is 17.9 Å². The zero-order valence-corrected chi connectivity index (χ0v) is 14.4. The number of fused-ring (bicyclic) bond motifs is 1. The molecule has 0 radical (unpaired) electrons. The number of carboxylic acids is 2. The molecule has 0 saturated heterocycles. The van der Waals surface area contributed by atoms with E-state index in [4.69, 9.17) is 24.5 Å². The van der Waals surface area contributed by atoms with E-state index in [1.165, 1.54) is 5.56 Å². The van der Waals surface area contributed by atoms with Gasteiger partial charge in [0, 0.05) is 30.1 Å². The Hall–Kier alpha value is -2.87. The van der Waals surface area contributed by atoms with Gasteiger partial charge in [-0.2, -0.15) is 0 Å². The van der Waals surface area contributed by atoms with E-state index in [1.54, 1.807) is 6.92 Å². The zero-order chi connectivity index (χ0) is 19.0. The summed E-state index contributed by atoms with van der Waals surface area (Å²) in [6.45, 7) is 2.78. The number of aromatic nitrogens is 1. The van der Waals surface area contributed by atoms with Gasteiger partial charge in [-0.1, -0.05) is 6.92 Å². The number of carbonyl (C=O) groups is 3. The fraction of sp³-hybridized carbons (Fsp3) is 0.353. The van der Waals surface area contributed by atoms with Crippen LogP contribution in [0.1, 0.15) is 18.9 Å². The summed E-state index contributed by atoms with van der Waals surface area (Å²) in [6.07, 6.45) is 3.39. The molecular weight excluding hydrogens is 328 g/mol. The SMILES string of the molecule is CCC(=O)Oc1ccc2[nH]cc(CCN(C)C)c2c1.O=C(O)C(=O)O. The van der Waals surface area contributed by atoms with Gasteiger partial charge in [0.2, 0.25) is 0 Å². The van der Waals surface area contributed by atoms with E-state index in [1.807, 2.05) is 24.4 Å². The lowest BCUT2D eigenvalue weighted by Crippen LogP contribution is -2.14. The molecule has 0 aliphatic carbocycles. The minimum absolute atomic E-state index is 0.204. The molecule has 8 heteroatoms. The van der Waals surface area contributed by atoms with Crippen LogP contribution < -0.4 is 4.74 Å². The van der Waals surface area contributed by atoms with Crippen LogP contribution in [0.15, 0.2) is 24.4 Å². The molecule has 3 N–H and O–H groups in total. The van der Waals surface area contributed by atoms with Crippen LogP contribution in [0, 0.1) is 0 Å². The average molecular weight is 350 g/mol. The molecule has 0 unspecified atom stereocenters. The van der Waals surface area contributed by atoms with Crippen LogP contribution in [0.3, 0.4) is 0 Å². The summed E-state index contributed by atoms with van der Waals surface area (Å²) in [5.41, 5.74) is 2.32. The van der Waals surface area contributed by atoms with Gasteiger partial charge < -0.3 is 24.8 Å². The van der Waals surface area contributed by atoms with Gasteiger partial charge in [0.15, 0.2) is 0 Å². The number of nitrogens with one attached hydrogen (secondary N) is 1.